The van der Waals surface area contributed by atoms with E-state index in [-0.39, 0.29) is 6.04 Å². The molecule has 0 amide bonds. The number of rotatable bonds is 3. The van der Waals surface area contributed by atoms with Gasteiger partial charge in [-0.25, -0.2) is 17.2 Å². The standard InChI is InChI=1S/C17H19F2NO2S2/c1-12-8-10-23-17(12)15-5-3-2-4-9-20(15)24(21,22)16-11-13(18)6-7-14(16)19/h6-8,10-11,15H,2-5,9H2,1H3. The molecule has 0 N–H and O–H groups in total. The van der Waals surface area contributed by atoms with Crippen molar-refractivity contribution in [3.05, 3.63) is 51.7 Å². The topological polar surface area (TPSA) is 37.4 Å². The van der Waals surface area contributed by atoms with Gasteiger partial charge in [0.1, 0.15) is 16.5 Å². The van der Waals surface area contributed by atoms with Gasteiger partial charge in [-0.05, 0) is 55.0 Å². The van der Waals surface area contributed by atoms with Crippen molar-refractivity contribution < 1.29 is 17.2 Å². The molecule has 3 rings (SSSR count). The Kier molecular flexibility index (Phi) is 5.03. The van der Waals surface area contributed by atoms with Gasteiger partial charge in [0, 0.05) is 11.4 Å². The number of benzene rings is 1. The fourth-order valence-electron chi connectivity index (χ4n) is 3.16. The van der Waals surface area contributed by atoms with Gasteiger partial charge >= 0.3 is 0 Å². The number of aryl methyl sites for hydroxylation is 1. The molecule has 1 aliphatic rings. The van der Waals surface area contributed by atoms with Crippen LogP contribution in [0.3, 0.4) is 0 Å². The van der Waals surface area contributed by atoms with E-state index in [0.717, 1.165) is 47.9 Å². The molecule has 0 aliphatic carbocycles. The quantitative estimate of drug-likeness (QED) is 0.788. The lowest BCUT2D eigenvalue weighted by atomic mass is 10.1. The number of halogens is 2. The van der Waals surface area contributed by atoms with E-state index in [1.54, 1.807) is 0 Å². The van der Waals surface area contributed by atoms with E-state index in [9.17, 15) is 17.2 Å². The number of hydrogen-bond acceptors (Lipinski definition) is 3. The minimum absolute atomic E-state index is 0.319. The van der Waals surface area contributed by atoms with E-state index in [2.05, 4.69) is 0 Å². The van der Waals surface area contributed by atoms with Crippen molar-refractivity contribution in [3.8, 4) is 0 Å². The molecule has 1 atom stereocenters. The molecule has 1 aliphatic heterocycles. The van der Waals surface area contributed by atoms with Crippen LogP contribution >= 0.6 is 11.3 Å². The summed E-state index contributed by atoms with van der Waals surface area (Å²) < 4.78 is 55.1. The van der Waals surface area contributed by atoms with Crippen molar-refractivity contribution in [1.82, 2.24) is 4.31 Å². The summed E-state index contributed by atoms with van der Waals surface area (Å²) in [5.41, 5.74) is 1.03. The summed E-state index contributed by atoms with van der Waals surface area (Å²) in [7, 11) is -4.11. The van der Waals surface area contributed by atoms with Crippen molar-refractivity contribution >= 4 is 21.4 Å². The van der Waals surface area contributed by atoms with Crippen LogP contribution in [0, 0.1) is 18.6 Å². The number of nitrogens with zero attached hydrogens (tertiary/aromatic N) is 1. The molecule has 1 fully saturated rings. The second kappa shape index (κ2) is 6.90. The molecule has 0 saturated carbocycles. The zero-order valence-electron chi connectivity index (χ0n) is 13.3. The van der Waals surface area contributed by atoms with Crippen LogP contribution in [0.2, 0.25) is 0 Å². The van der Waals surface area contributed by atoms with Crippen molar-refractivity contribution in [2.75, 3.05) is 6.54 Å². The third-order valence-corrected chi connectivity index (χ3v) is 7.43. The number of sulfonamides is 1. The lowest BCUT2D eigenvalue weighted by Crippen LogP contribution is -2.35. The Morgan fingerprint density at radius 2 is 1.96 bits per heavy atom. The lowest BCUT2D eigenvalue weighted by molar-refractivity contribution is 0.330. The highest BCUT2D eigenvalue weighted by Crippen LogP contribution is 2.38. The molecule has 7 heteroatoms. The minimum Gasteiger partial charge on any atom is -0.207 e. The third kappa shape index (κ3) is 3.25. The zero-order chi connectivity index (χ0) is 17.3. The van der Waals surface area contributed by atoms with Gasteiger partial charge in [0.15, 0.2) is 0 Å². The van der Waals surface area contributed by atoms with Crippen LogP contribution in [-0.4, -0.2) is 19.3 Å². The first-order valence-electron chi connectivity index (χ1n) is 7.92. The maximum Gasteiger partial charge on any atom is 0.246 e. The van der Waals surface area contributed by atoms with Crippen LogP contribution in [0.25, 0.3) is 0 Å². The minimum atomic E-state index is -4.11. The summed E-state index contributed by atoms with van der Waals surface area (Å²) in [5.74, 6) is -1.67. The van der Waals surface area contributed by atoms with Crippen molar-refractivity contribution in [2.24, 2.45) is 0 Å². The molecule has 1 unspecified atom stereocenters. The largest absolute Gasteiger partial charge is 0.246 e. The van der Waals surface area contributed by atoms with Gasteiger partial charge in [-0.15, -0.1) is 11.3 Å². The first kappa shape index (κ1) is 17.5. The molecule has 2 heterocycles. The first-order valence-corrected chi connectivity index (χ1v) is 10.2. The highest BCUT2D eigenvalue weighted by Gasteiger charge is 2.36. The summed E-state index contributed by atoms with van der Waals surface area (Å²) >= 11 is 1.51. The molecular weight excluding hydrogens is 352 g/mol. The predicted molar refractivity (Wildman–Crippen MR) is 90.5 cm³/mol. The summed E-state index contributed by atoms with van der Waals surface area (Å²) in [5, 5.41) is 1.93. The highest BCUT2D eigenvalue weighted by atomic mass is 32.2. The van der Waals surface area contributed by atoms with Gasteiger partial charge < -0.3 is 0 Å². The van der Waals surface area contributed by atoms with Crippen LogP contribution < -0.4 is 0 Å². The summed E-state index contributed by atoms with van der Waals surface area (Å²) in [6, 6.07) is 4.20. The smallest absolute Gasteiger partial charge is 0.207 e. The number of hydrogen-bond donors (Lipinski definition) is 0. The lowest BCUT2D eigenvalue weighted by Gasteiger charge is -2.29. The predicted octanol–water partition coefficient (Wildman–Crippen LogP) is 4.64. The van der Waals surface area contributed by atoms with Gasteiger partial charge in [-0.1, -0.05) is 12.8 Å². The average Bonchev–Trinajstić information content (AvgIpc) is 2.82. The van der Waals surface area contributed by atoms with Gasteiger partial charge in [0.2, 0.25) is 10.0 Å². The molecule has 0 radical (unpaired) electrons. The molecule has 0 spiro atoms. The van der Waals surface area contributed by atoms with Crippen molar-refractivity contribution in [1.29, 1.82) is 0 Å². The molecule has 2 aromatic rings. The molecule has 0 bridgehead atoms. The summed E-state index contributed by atoms with van der Waals surface area (Å²) in [6.45, 7) is 2.27. The highest BCUT2D eigenvalue weighted by molar-refractivity contribution is 7.89. The Labute approximate surface area is 145 Å². The van der Waals surface area contributed by atoms with E-state index in [0.29, 0.717) is 13.0 Å². The van der Waals surface area contributed by atoms with Gasteiger partial charge in [0.25, 0.3) is 0 Å². The maximum absolute atomic E-state index is 14.1. The van der Waals surface area contributed by atoms with Crippen molar-refractivity contribution in [3.63, 3.8) is 0 Å². The molecule has 1 aromatic heterocycles. The van der Waals surface area contributed by atoms with Gasteiger partial charge in [-0.2, -0.15) is 4.31 Å². The summed E-state index contributed by atoms with van der Waals surface area (Å²) in [6.07, 6.45) is 3.26. The van der Waals surface area contributed by atoms with Crippen molar-refractivity contribution in [2.45, 2.75) is 43.5 Å². The van der Waals surface area contributed by atoms with Crippen LogP contribution in [0.4, 0.5) is 8.78 Å². The Balaban J connectivity index is 2.08. The Hall–Kier alpha value is -1.31. The van der Waals surface area contributed by atoms with E-state index < -0.39 is 26.6 Å². The normalized spacial score (nSPS) is 20.0. The fourth-order valence-corrected chi connectivity index (χ4v) is 6.04. The monoisotopic (exact) mass is 371 g/mol. The van der Waals surface area contributed by atoms with Crippen LogP contribution in [-0.2, 0) is 10.0 Å². The Morgan fingerprint density at radius 1 is 1.17 bits per heavy atom. The first-order chi connectivity index (χ1) is 11.4. The van der Waals surface area contributed by atoms with E-state index in [4.69, 9.17) is 0 Å². The maximum atomic E-state index is 14.1. The Morgan fingerprint density at radius 3 is 2.67 bits per heavy atom. The average molecular weight is 371 g/mol. The second-order valence-electron chi connectivity index (χ2n) is 6.02. The van der Waals surface area contributed by atoms with Crippen LogP contribution in [0.15, 0.2) is 34.5 Å². The molecule has 1 saturated heterocycles. The van der Waals surface area contributed by atoms with Crippen LogP contribution in [0.5, 0.6) is 0 Å². The van der Waals surface area contributed by atoms with Crippen LogP contribution in [0.1, 0.15) is 42.2 Å². The molecule has 24 heavy (non-hydrogen) atoms. The van der Waals surface area contributed by atoms with E-state index in [1.807, 2.05) is 18.4 Å². The zero-order valence-corrected chi connectivity index (χ0v) is 15.0. The number of thiophene rings is 1. The van der Waals surface area contributed by atoms with Gasteiger partial charge in [-0.3, -0.25) is 0 Å². The Bertz CT molecular complexity index is 833. The van der Waals surface area contributed by atoms with E-state index in [1.165, 1.54) is 15.6 Å². The molecule has 3 nitrogen and oxygen atoms in total. The van der Waals surface area contributed by atoms with Gasteiger partial charge in [0.05, 0.1) is 6.04 Å². The molecule has 130 valence electrons. The summed E-state index contributed by atoms with van der Waals surface area (Å²) in [4.78, 5) is 0.404. The second-order valence-corrected chi connectivity index (χ2v) is 8.83. The third-order valence-electron chi connectivity index (χ3n) is 4.39. The fraction of sp³-hybridized carbons (Fsp3) is 0.412. The molecular formula is C17H19F2NO2S2. The SMILES string of the molecule is Cc1ccsc1C1CCCCCN1S(=O)(=O)c1cc(F)ccc1F. The van der Waals surface area contributed by atoms with E-state index >= 15 is 0 Å². The molecule has 1 aromatic carbocycles.